The van der Waals surface area contributed by atoms with Gasteiger partial charge in [0.05, 0.1) is 15.5 Å². The number of nitrogens with one attached hydrogen (secondary N) is 1. The summed E-state index contributed by atoms with van der Waals surface area (Å²) in [4.78, 5) is 10.2. The zero-order valence-electron chi connectivity index (χ0n) is 12.7. The van der Waals surface area contributed by atoms with Crippen LogP contribution in [0.25, 0.3) is 0 Å². The minimum Gasteiger partial charge on any atom is -0.486 e. The van der Waals surface area contributed by atoms with Gasteiger partial charge in [0, 0.05) is 17.7 Å². The predicted octanol–water partition coefficient (Wildman–Crippen LogP) is 2.48. The van der Waals surface area contributed by atoms with Crippen LogP contribution in [-0.4, -0.2) is 26.6 Å². The Kier molecular flexibility index (Phi) is 4.02. The molecule has 0 unspecified atom stereocenters. The molecule has 0 spiro atoms. The molecular formula is C15H14N2O6S. The van der Waals surface area contributed by atoms with E-state index >= 15 is 0 Å². The van der Waals surface area contributed by atoms with Crippen molar-refractivity contribution in [3.8, 4) is 11.5 Å². The van der Waals surface area contributed by atoms with Crippen molar-refractivity contribution >= 4 is 21.4 Å². The fourth-order valence-electron chi connectivity index (χ4n) is 2.27. The Morgan fingerprint density at radius 1 is 1.08 bits per heavy atom. The van der Waals surface area contributed by atoms with Gasteiger partial charge in [0.1, 0.15) is 13.2 Å². The molecular weight excluding hydrogens is 336 g/mol. The Morgan fingerprint density at radius 2 is 1.79 bits per heavy atom. The van der Waals surface area contributed by atoms with Gasteiger partial charge in [0.15, 0.2) is 11.5 Å². The van der Waals surface area contributed by atoms with E-state index in [1.165, 1.54) is 24.3 Å². The monoisotopic (exact) mass is 350 g/mol. The van der Waals surface area contributed by atoms with Gasteiger partial charge in [0.25, 0.3) is 15.7 Å². The third kappa shape index (κ3) is 3.11. The first kappa shape index (κ1) is 16.1. The van der Waals surface area contributed by atoms with Crippen LogP contribution in [-0.2, 0) is 10.0 Å². The Labute approximate surface area is 138 Å². The van der Waals surface area contributed by atoms with Crippen LogP contribution >= 0.6 is 0 Å². The third-order valence-corrected chi connectivity index (χ3v) is 4.86. The number of benzene rings is 2. The fraction of sp³-hybridized carbons (Fsp3) is 0.200. The number of fused-ring (bicyclic) bond motifs is 1. The Morgan fingerprint density at radius 3 is 2.50 bits per heavy atom. The highest BCUT2D eigenvalue weighted by Crippen LogP contribution is 2.33. The van der Waals surface area contributed by atoms with Gasteiger partial charge in [-0.3, -0.25) is 14.8 Å². The molecule has 2 aromatic carbocycles. The van der Waals surface area contributed by atoms with Gasteiger partial charge < -0.3 is 9.47 Å². The van der Waals surface area contributed by atoms with E-state index in [-0.39, 0.29) is 16.3 Å². The number of nitro benzene ring substituents is 1. The highest BCUT2D eigenvalue weighted by Gasteiger charge is 2.21. The molecule has 0 aliphatic carbocycles. The average molecular weight is 350 g/mol. The van der Waals surface area contributed by atoms with Crippen LogP contribution in [0.2, 0.25) is 0 Å². The molecule has 3 rings (SSSR count). The fourth-order valence-corrected chi connectivity index (χ4v) is 3.34. The summed E-state index contributed by atoms with van der Waals surface area (Å²) in [6.07, 6.45) is 0. The minimum atomic E-state index is -3.96. The lowest BCUT2D eigenvalue weighted by molar-refractivity contribution is -0.385. The SMILES string of the molecule is Cc1ccc(S(=O)(=O)Nc2ccc3c(c2)OCCO3)cc1[N+](=O)[O-]. The third-order valence-electron chi connectivity index (χ3n) is 3.48. The lowest BCUT2D eigenvalue weighted by atomic mass is 10.2. The van der Waals surface area contributed by atoms with Crippen LogP contribution in [0.15, 0.2) is 41.3 Å². The zero-order valence-corrected chi connectivity index (χ0v) is 13.5. The van der Waals surface area contributed by atoms with Crippen LogP contribution < -0.4 is 14.2 Å². The number of ether oxygens (including phenoxy) is 2. The molecule has 1 heterocycles. The quantitative estimate of drug-likeness (QED) is 0.670. The standard InChI is InChI=1S/C15H14N2O6S/c1-10-2-4-12(9-13(10)17(18)19)24(20,21)16-11-3-5-14-15(8-11)23-7-6-22-14/h2-5,8-9,16H,6-7H2,1H3. The molecule has 1 aliphatic heterocycles. The second-order valence-corrected chi connectivity index (χ2v) is 6.85. The van der Waals surface area contributed by atoms with E-state index in [9.17, 15) is 18.5 Å². The summed E-state index contributed by atoms with van der Waals surface area (Å²) in [5, 5.41) is 11.0. The van der Waals surface area contributed by atoms with Crippen molar-refractivity contribution in [2.45, 2.75) is 11.8 Å². The molecule has 0 bridgehead atoms. The van der Waals surface area contributed by atoms with Crippen molar-refractivity contribution in [2.75, 3.05) is 17.9 Å². The molecule has 9 heteroatoms. The summed E-state index contributed by atoms with van der Waals surface area (Å²) in [6, 6.07) is 8.40. The van der Waals surface area contributed by atoms with E-state index < -0.39 is 14.9 Å². The molecule has 0 fully saturated rings. The smallest absolute Gasteiger partial charge is 0.273 e. The maximum absolute atomic E-state index is 12.5. The van der Waals surface area contributed by atoms with Gasteiger partial charge in [-0.15, -0.1) is 0 Å². The number of aryl methyl sites for hydroxylation is 1. The molecule has 0 saturated heterocycles. The summed E-state index contributed by atoms with van der Waals surface area (Å²) in [5.41, 5.74) is 0.417. The summed E-state index contributed by atoms with van der Waals surface area (Å²) < 4.78 is 38.1. The summed E-state index contributed by atoms with van der Waals surface area (Å²) >= 11 is 0. The van der Waals surface area contributed by atoms with Crippen molar-refractivity contribution in [2.24, 2.45) is 0 Å². The lowest BCUT2D eigenvalue weighted by Gasteiger charge is -2.19. The van der Waals surface area contributed by atoms with Crippen LogP contribution in [0.4, 0.5) is 11.4 Å². The number of hydrogen-bond donors (Lipinski definition) is 1. The minimum absolute atomic E-state index is 0.185. The highest BCUT2D eigenvalue weighted by molar-refractivity contribution is 7.92. The number of nitrogens with zero attached hydrogens (tertiary/aromatic N) is 1. The van der Waals surface area contributed by atoms with E-state index in [0.717, 1.165) is 6.07 Å². The van der Waals surface area contributed by atoms with Crippen molar-refractivity contribution < 1.29 is 22.8 Å². The molecule has 24 heavy (non-hydrogen) atoms. The van der Waals surface area contributed by atoms with Crippen molar-refractivity contribution in [1.82, 2.24) is 0 Å². The van der Waals surface area contributed by atoms with Crippen LogP contribution in [0, 0.1) is 17.0 Å². The molecule has 1 N–H and O–H groups in total. The maximum atomic E-state index is 12.5. The summed E-state index contributed by atoms with van der Waals surface area (Å²) in [7, 11) is -3.96. The maximum Gasteiger partial charge on any atom is 0.273 e. The Bertz CT molecular complexity index is 910. The second-order valence-electron chi connectivity index (χ2n) is 5.17. The van der Waals surface area contributed by atoms with Gasteiger partial charge in [-0.25, -0.2) is 8.42 Å². The van der Waals surface area contributed by atoms with E-state index in [0.29, 0.717) is 30.3 Å². The normalized spacial score (nSPS) is 13.4. The predicted molar refractivity (Wildman–Crippen MR) is 86.1 cm³/mol. The Hall–Kier alpha value is -2.81. The van der Waals surface area contributed by atoms with Crippen molar-refractivity contribution in [1.29, 1.82) is 0 Å². The molecule has 0 radical (unpaired) electrons. The first-order valence-corrected chi connectivity index (χ1v) is 8.53. The molecule has 0 amide bonds. The highest BCUT2D eigenvalue weighted by atomic mass is 32.2. The average Bonchev–Trinajstić information content (AvgIpc) is 2.54. The second kappa shape index (κ2) is 6.00. The summed E-state index contributed by atoms with van der Waals surface area (Å²) in [5.74, 6) is 0.978. The van der Waals surface area contributed by atoms with Gasteiger partial charge in [-0.2, -0.15) is 0 Å². The summed E-state index contributed by atoms with van der Waals surface area (Å²) in [6.45, 7) is 2.36. The molecule has 126 valence electrons. The van der Waals surface area contributed by atoms with E-state index in [2.05, 4.69) is 4.72 Å². The van der Waals surface area contributed by atoms with Crippen LogP contribution in [0.5, 0.6) is 11.5 Å². The van der Waals surface area contributed by atoms with Gasteiger partial charge in [-0.1, -0.05) is 6.07 Å². The van der Waals surface area contributed by atoms with Crippen LogP contribution in [0.3, 0.4) is 0 Å². The molecule has 2 aromatic rings. The molecule has 0 aromatic heterocycles. The number of sulfonamides is 1. The number of hydrogen-bond acceptors (Lipinski definition) is 6. The van der Waals surface area contributed by atoms with Gasteiger partial charge in [0.2, 0.25) is 0 Å². The Balaban J connectivity index is 1.91. The zero-order chi connectivity index (χ0) is 17.3. The molecule has 8 nitrogen and oxygen atoms in total. The largest absolute Gasteiger partial charge is 0.486 e. The van der Waals surface area contributed by atoms with E-state index in [1.807, 2.05) is 0 Å². The number of nitro groups is 1. The number of rotatable bonds is 4. The van der Waals surface area contributed by atoms with Gasteiger partial charge in [-0.05, 0) is 25.1 Å². The first-order valence-electron chi connectivity index (χ1n) is 7.04. The molecule has 0 atom stereocenters. The van der Waals surface area contributed by atoms with Crippen LogP contribution in [0.1, 0.15) is 5.56 Å². The van der Waals surface area contributed by atoms with Crippen molar-refractivity contribution in [3.63, 3.8) is 0 Å². The lowest BCUT2D eigenvalue weighted by Crippen LogP contribution is -2.16. The van der Waals surface area contributed by atoms with Gasteiger partial charge >= 0.3 is 0 Å². The molecule has 1 aliphatic rings. The van der Waals surface area contributed by atoms with E-state index in [1.54, 1.807) is 13.0 Å². The number of anilines is 1. The first-order chi connectivity index (χ1) is 11.4. The van der Waals surface area contributed by atoms with E-state index in [4.69, 9.17) is 9.47 Å². The van der Waals surface area contributed by atoms with Crippen molar-refractivity contribution in [3.05, 3.63) is 52.1 Å². The molecule has 0 saturated carbocycles. The topological polar surface area (TPSA) is 108 Å².